The predicted octanol–water partition coefficient (Wildman–Crippen LogP) is 1.54. The van der Waals surface area contributed by atoms with Crippen LogP contribution in [0.3, 0.4) is 0 Å². The number of nitrogens with zero attached hydrogens (tertiary/aromatic N) is 1. The quantitative estimate of drug-likeness (QED) is 0.862. The summed E-state index contributed by atoms with van der Waals surface area (Å²) >= 11 is 0. The van der Waals surface area contributed by atoms with Crippen molar-refractivity contribution in [1.29, 1.82) is 0 Å². The van der Waals surface area contributed by atoms with E-state index in [1.165, 1.54) is 19.2 Å². The van der Waals surface area contributed by atoms with Crippen LogP contribution in [0.1, 0.15) is 12.0 Å². The lowest BCUT2D eigenvalue weighted by molar-refractivity contribution is -0.137. The molecule has 1 aromatic carbocycles. The third kappa shape index (κ3) is 4.94. The van der Waals surface area contributed by atoms with Crippen LogP contribution in [-0.4, -0.2) is 50.2 Å². The van der Waals surface area contributed by atoms with Crippen LogP contribution in [0.25, 0.3) is 0 Å². The molecule has 0 spiro atoms. The molecular weight excluding hydrogens is 361 g/mol. The Morgan fingerprint density at radius 2 is 1.92 bits per heavy atom. The van der Waals surface area contributed by atoms with Gasteiger partial charge in [-0.1, -0.05) is 12.1 Å². The Morgan fingerprint density at radius 3 is 2.48 bits per heavy atom. The molecule has 1 heterocycles. The predicted molar refractivity (Wildman–Crippen MR) is 84.5 cm³/mol. The van der Waals surface area contributed by atoms with E-state index in [2.05, 4.69) is 5.32 Å². The van der Waals surface area contributed by atoms with Crippen molar-refractivity contribution in [3.63, 3.8) is 0 Å². The number of amides is 2. The van der Waals surface area contributed by atoms with Gasteiger partial charge in [0.05, 0.1) is 35.2 Å². The number of halogens is 3. The minimum Gasteiger partial charge on any atom is -0.336 e. The lowest BCUT2D eigenvalue weighted by Gasteiger charge is -2.20. The van der Waals surface area contributed by atoms with E-state index in [9.17, 15) is 31.2 Å². The molecule has 1 N–H and O–H groups in total. The zero-order chi connectivity index (χ0) is 18.8. The average Bonchev–Trinajstić information content (AvgIpc) is 2.85. The number of para-hydroxylation sites is 1. The summed E-state index contributed by atoms with van der Waals surface area (Å²) in [6.07, 6.45) is -4.44. The lowest BCUT2D eigenvalue weighted by atomic mass is 10.1. The normalized spacial score (nSPS) is 19.4. The molecule has 0 aliphatic carbocycles. The highest BCUT2D eigenvalue weighted by molar-refractivity contribution is 7.91. The standard InChI is InChI=1S/C15H17F3N2O4S/c1-20(14(22)10-6-7-25(23,24)9-10)8-13(21)19-12-5-3-2-4-11(12)15(16,17)18/h2-5,10H,6-9H2,1H3,(H,19,21). The van der Waals surface area contributed by atoms with Crippen molar-refractivity contribution >= 4 is 27.3 Å². The number of sulfone groups is 1. The highest BCUT2D eigenvalue weighted by Gasteiger charge is 2.36. The number of carbonyl (C=O) groups excluding carboxylic acids is 2. The van der Waals surface area contributed by atoms with Gasteiger partial charge in [0.25, 0.3) is 0 Å². The number of carbonyl (C=O) groups is 2. The fraction of sp³-hybridized carbons (Fsp3) is 0.467. The topological polar surface area (TPSA) is 83.6 Å². The third-order valence-electron chi connectivity index (χ3n) is 3.85. The fourth-order valence-electron chi connectivity index (χ4n) is 2.62. The zero-order valence-electron chi connectivity index (χ0n) is 13.3. The van der Waals surface area contributed by atoms with E-state index in [1.54, 1.807) is 0 Å². The molecule has 1 aliphatic rings. The van der Waals surface area contributed by atoms with Crippen molar-refractivity contribution in [2.24, 2.45) is 5.92 Å². The zero-order valence-corrected chi connectivity index (χ0v) is 14.2. The summed E-state index contributed by atoms with van der Waals surface area (Å²) in [4.78, 5) is 25.1. The lowest BCUT2D eigenvalue weighted by Crippen LogP contribution is -2.39. The van der Waals surface area contributed by atoms with E-state index >= 15 is 0 Å². The van der Waals surface area contributed by atoms with Gasteiger partial charge >= 0.3 is 6.18 Å². The van der Waals surface area contributed by atoms with Crippen molar-refractivity contribution in [1.82, 2.24) is 4.90 Å². The Hall–Kier alpha value is -2.10. The minimum atomic E-state index is -4.62. The number of hydrogen-bond donors (Lipinski definition) is 1. The second kappa shape index (κ2) is 7.03. The molecule has 1 atom stereocenters. The molecule has 0 saturated carbocycles. The molecular formula is C15H17F3N2O4S. The van der Waals surface area contributed by atoms with Crippen molar-refractivity contribution in [2.45, 2.75) is 12.6 Å². The van der Waals surface area contributed by atoms with Crippen LogP contribution in [0.4, 0.5) is 18.9 Å². The van der Waals surface area contributed by atoms with Gasteiger partial charge < -0.3 is 10.2 Å². The van der Waals surface area contributed by atoms with Crippen molar-refractivity contribution in [3.05, 3.63) is 29.8 Å². The first kappa shape index (κ1) is 19.2. The van der Waals surface area contributed by atoms with Crippen LogP contribution in [0.5, 0.6) is 0 Å². The average molecular weight is 378 g/mol. The minimum absolute atomic E-state index is 0.0810. The first-order chi connectivity index (χ1) is 11.5. The Labute approximate surface area is 142 Å². The molecule has 1 aromatic rings. The molecule has 2 rings (SSSR count). The Balaban J connectivity index is 2.00. The second-order valence-corrected chi connectivity index (χ2v) is 8.11. The van der Waals surface area contributed by atoms with Gasteiger partial charge in [-0.15, -0.1) is 0 Å². The molecule has 0 bridgehead atoms. The highest BCUT2D eigenvalue weighted by atomic mass is 32.2. The molecule has 1 saturated heterocycles. The number of rotatable bonds is 4. The number of alkyl halides is 3. The van der Waals surface area contributed by atoms with Gasteiger partial charge in [0.15, 0.2) is 9.84 Å². The van der Waals surface area contributed by atoms with Crippen LogP contribution >= 0.6 is 0 Å². The van der Waals surface area contributed by atoms with Gasteiger partial charge in [-0.2, -0.15) is 13.2 Å². The summed E-state index contributed by atoms with van der Waals surface area (Å²) < 4.78 is 61.5. The third-order valence-corrected chi connectivity index (χ3v) is 5.61. The Kier molecular flexibility index (Phi) is 5.40. The number of anilines is 1. The van der Waals surface area contributed by atoms with E-state index in [-0.39, 0.29) is 17.9 Å². The molecule has 0 radical (unpaired) electrons. The van der Waals surface area contributed by atoms with Gasteiger partial charge in [0, 0.05) is 7.05 Å². The van der Waals surface area contributed by atoms with Crippen molar-refractivity contribution < 1.29 is 31.2 Å². The maximum Gasteiger partial charge on any atom is 0.418 e. The first-order valence-electron chi connectivity index (χ1n) is 7.41. The summed E-state index contributed by atoms with van der Waals surface area (Å²) in [6, 6.07) is 4.51. The van der Waals surface area contributed by atoms with E-state index in [1.807, 2.05) is 0 Å². The van der Waals surface area contributed by atoms with E-state index in [0.717, 1.165) is 17.0 Å². The van der Waals surface area contributed by atoms with Gasteiger partial charge in [0.1, 0.15) is 0 Å². The molecule has 0 aromatic heterocycles. The number of hydrogen-bond acceptors (Lipinski definition) is 4. The first-order valence-corrected chi connectivity index (χ1v) is 9.23. The van der Waals surface area contributed by atoms with E-state index in [0.29, 0.717) is 0 Å². The van der Waals surface area contributed by atoms with E-state index in [4.69, 9.17) is 0 Å². The van der Waals surface area contributed by atoms with Gasteiger partial charge in [0.2, 0.25) is 11.8 Å². The van der Waals surface area contributed by atoms with Crippen LogP contribution in [0, 0.1) is 5.92 Å². The van der Waals surface area contributed by atoms with Crippen LogP contribution in [0.15, 0.2) is 24.3 Å². The Morgan fingerprint density at radius 1 is 1.28 bits per heavy atom. The molecule has 1 aliphatic heterocycles. The smallest absolute Gasteiger partial charge is 0.336 e. The molecule has 25 heavy (non-hydrogen) atoms. The number of nitrogens with one attached hydrogen (secondary N) is 1. The largest absolute Gasteiger partial charge is 0.418 e. The maximum absolute atomic E-state index is 12.9. The molecule has 1 fully saturated rings. The fourth-order valence-corrected chi connectivity index (χ4v) is 4.36. The summed E-state index contributed by atoms with van der Waals surface area (Å²) in [5, 5.41) is 2.14. The molecule has 2 amide bonds. The van der Waals surface area contributed by atoms with Crippen molar-refractivity contribution in [2.75, 3.05) is 30.4 Å². The van der Waals surface area contributed by atoms with Gasteiger partial charge in [-0.25, -0.2) is 8.42 Å². The van der Waals surface area contributed by atoms with Gasteiger partial charge in [-0.3, -0.25) is 9.59 Å². The number of benzene rings is 1. The Bertz CT molecular complexity index is 777. The van der Waals surface area contributed by atoms with E-state index < -0.39 is 51.5 Å². The highest BCUT2D eigenvalue weighted by Crippen LogP contribution is 2.34. The maximum atomic E-state index is 12.9. The SMILES string of the molecule is CN(CC(=O)Nc1ccccc1C(F)(F)F)C(=O)C1CCS(=O)(=O)C1. The monoisotopic (exact) mass is 378 g/mol. The summed E-state index contributed by atoms with van der Waals surface area (Å²) in [6.45, 7) is -0.471. The second-order valence-electron chi connectivity index (χ2n) is 5.89. The number of likely N-dealkylation sites (N-methyl/N-ethyl adjacent to an activating group) is 1. The molecule has 138 valence electrons. The summed E-state index contributed by atoms with van der Waals surface area (Å²) in [5.74, 6) is -2.38. The molecule has 10 heteroatoms. The molecule has 6 nitrogen and oxygen atoms in total. The molecule has 1 unspecified atom stereocenters. The summed E-state index contributed by atoms with van der Waals surface area (Å²) in [5.41, 5.74) is -1.39. The summed E-state index contributed by atoms with van der Waals surface area (Å²) in [7, 11) is -1.94. The van der Waals surface area contributed by atoms with Crippen molar-refractivity contribution in [3.8, 4) is 0 Å². The van der Waals surface area contributed by atoms with Gasteiger partial charge in [-0.05, 0) is 18.6 Å². The van der Waals surface area contributed by atoms with Crippen LogP contribution < -0.4 is 5.32 Å². The van der Waals surface area contributed by atoms with Crippen LogP contribution in [-0.2, 0) is 25.6 Å². The van der Waals surface area contributed by atoms with Crippen LogP contribution in [0.2, 0.25) is 0 Å².